The third-order valence-corrected chi connectivity index (χ3v) is 2.39. The Kier molecular flexibility index (Phi) is 2.38. The predicted molar refractivity (Wildman–Crippen MR) is 54.0 cm³/mol. The normalized spacial score (nSPS) is 13.4. The molecule has 0 spiro atoms. The second-order valence-electron chi connectivity index (χ2n) is 3.31. The largest absolute Gasteiger partial charge is 0.496 e. The summed E-state index contributed by atoms with van der Waals surface area (Å²) < 4.78 is 5.04. The highest BCUT2D eigenvalue weighted by Crippen LogP contribution is 2.24. The third-order valence-electron chi connectivity index (χ3n) is 2.39. The van der Waals surface area contributed by atoms with Gasteiger partial charge in [0.25, 0.3) is 5.91 Å². The van der Waals surface area contributed by atoms with Crippen LogP contribution in [0.1, 0.15) is 15.9 Å². The van der Waals surface area contributed by atoms with Crippen LogP contribution in [0.2, 0.25) is 0 Å². The van der Waals surface area contributed by atoms with Crippen LogP contribution in [0, 0.1) is 0 Å². The van der Waals surface area contributed by atoms with E-state index in [4.69, 9.17) is 14.8 Å². The second-order valence-corrected chi connectivity index (χ2v) is 3.31. The maximum absolute atomic E-state index is 11.4. The van der Waals surface area contributed by atoms with E-state index in [1.165, 1.54) is 13.2 Å². The van der Waals surface area contributed by atoms with Crippen LogP contribution >= 0.6 is 0 Å². The summed E-state index contributed by atoms with van der Waals surface area (Å²) in [6, 6.07) is 3.04. The molecule has 0 radical (unpaired) electrons. The molecule has 1 amide bonds. The lowest BCUT2D eigenvalue weighted by Gasteiger charge is -2.08. The maximum Gasteiger partial charge on any atom is 0.488 e. The molecule has 0 aromatic heterocycles. The van der Waals surface area contributed by atoms with Gasteiger partial charge in [-0.15, -0.1) is 0 Å². The molecule has 0 atom stereocenters. The van der Waals surface area contributed by atoms with E-state index in [-0.39, 0.29) is 5.91 Å². The Hall–Kier alpha value is -1.53. The number of hydrogen-bond acceptors (Lipinski definition) is 4. The minimum atomic E-state index is -1.56. The van der Waals surface area contributed by atoms with Gasteiger partial charge in [-0.25, -0.2) is 0 Å². The number of nitrogens with one attached hydrogen (secondary N) is 1. The van der Waals surface area contributed by atoms with Crippen LogP contribution in [-0.2, 0) is 6.54 Å². The van der Waals surface area contributed by atoms with E-state index in [1.807, 2.05) is 0 Å². The Balaban J connectivity index is 2.57. The second kappa shape index (κ2) is 3.56. The standard InChI is InChI=1S/C9H10BNO4/c1-15-7-3-6(10(13)14)2-5-4-11-9(12)8(5)7/h2-3,13-14H,4H2,1H3,(H,11,12). The molecule has 0 aliphatic carbocycles. The first-order chi connectivity index (χ1) is 7.13. The molecule has 1 aromatic rings. The molecular formula is C9H10BNO4. The Labute approximate surface area is 86.8 Å². The summed E-state index contributed by atoms with van der Waals surface area (Å²) >= 11 is 0. The van der Waals surface area contributed by atoms with E-state index in [0.29, 0.717) is 23.3 Å². The fraction of sp³-hybridized carbons (Fsp3) is 0.222. The summed E-state index contributed by atoms with van der Waals surface area (Å²) in [4.78, 5) is 11.4. The van der Waals surface area contributed by atoms with E-state index in [1.54, 1.807) is 6.07 Å². The number of hydrogen-bond donors (Lipinski definition) is 3. The first-order valence-corrected chi connectivity index (χ1v) is 4.48. The molecule has 6 heteroatoms. The average Bonchev–Trinajstić information content (AvgIpc) is 2.59. The van der Waals surface area contributed by atoms with Gasteiger partial charge in [0.15, 0.2) is 0 Å². The number of carbonyl (C=O) groups is 1. The average molecular weight is 207 g/mol. The Bertz CT molecular complexity index is 419. The van der Waals surface area contributed by atoms with Crippen molar-refractivity contribution in [3.63, 3.8) is 0 Å². The molecule has 0 saturated heterocycles. The van der Waals surface area contributed by atoms with Gasteiger partial charge in [0, 0.05) is 6.54 Å². The van der Waals surface area contributed by atoms with E-state index in [2.05, 4.69) is 5.32 Å². The van der Waals surface area contributed by atoms with Gasteiger partial charge in [0.2, 0.25) is 0 Å². The van der Waals surface area contributed by atoms with E-state index in [9.17, 15) is 4.79 Å². The quantitative estimate of drug-likeness (QED) is 0.522. The van der Waals surface area contributed by atoms with Gasteiger partial charge < -0.3 is 20.1 Å². The van der Waals surface area contributed by atoms with Crippen molar-refractivity contribution < 1.29 is 19.6 Å². The van der Waals surface area contributed by atoms with Crippen molar-refractivity contribution in [2.75, 3.05) is 7.11 Å². The zero-order valence-corrected chi connectivity index (χ0v) is 8.15. The number of carbonyl (C=O) groups excluding carboxylic acids is 1. The molecule has 78 valence electrons. The fourth-order valence-corrected chi connectivity index (χ4v) is 1.67. The van der Waals surface area contributed by atoms with Crippen LogP contribution in [0.3, 0.4) is 0 Å². The zero-order chi connectivity index (χ0) is 11.0. The molecule has 1 aromatic carbocycles. The van der Waals surface area contributed by atoms with Crippen LogP contribution in [0.5, 0.6) is 5.75 Å². The monoisotopic (exact) mass is 207 g/mol. The van der Waals surface area contributed by atoms with Gasteiger partial charge in [-0.3, -0.25) is 4.79 Å². The number of ether oxygens (including phenoxy) is 1. The lowest BCUT2D eigenvalue weighted by Crippen LogP contribution is -2.30. The molecule has 2 rings (SSSR count). The minimum Gasteiger partial charge on any atom is -0.496 e. The lowest BCUT2D eigenvalue weighted by atomic mass is 9.79. The number of fused-ring (bicyclic) bond motifs is 1. The number of methoxy groups -OCH3 is 1. The summed E-state index contributed by atoms with van der Waals surface area (Å²) in [6.07, 6.45) is 0. The van der Waals surface area contributed by atoms with Gasteiger partial charge in [-0.05, 0) is 17.1 Å². The van der Waals surface area contributed by atoms with Crippen molar-refractivity contribution in [1.29, 1.82) is 0 Å². The minimum absolute atomic E-state index is 0.194. The molecule has 1 aliphatic heterocycles. The first-order valence-electron chi connectivity index (χ1n) is 4.48. The maximum atomic E-state index is 11.4. The van der Waals surface area contributed by atoms with Gasteiger partial charge >= 0.3 is 7.12 Å². The van der Waals surface area contributed by atoms with Crippen LogP contribution in [0.15, 0.2) is 12.1 Å². The molecule has 0 saturated carbocycles. The fourth-order valence-electron chi connectivity index (χ4n) is 1.67. The summed E-state index contributed by atoms with van der Waals surface area (Å²) in [6.45, 7) is 0.394. The number of benzene rings is 1. The van der Waals surface area contributed by atoms with Crippen molar-refractivity contribution in [1.82, 2.24) is 5.32 Å². The summed E-state index contributed by atoms with van der Waals surface area (Å²) in [7, 11) is -0.116. The topological polar surface area (TPSA) is 78.8 Å². The third kappa shape index (κ3) is 1.58. The van der Waals surface area contributed by atoms with Gasteiger partial charge in [-0.1, -0.05) is 6.07 Å². The van der Waals surface area contributed by atoms with Crippen molar-refractivity contribution in [3.05, 3.63) is 23.3 Å². The van der Waals surface area contributed by atoms with E-state index >= 15 is 0 Å². The molecule has 1 heterocycles. The lowest BCUT2D eigenvalue weighted by molar-refractivity contribution is 0.0963. The number of rotatable bonds is 2. The molecule has 15 heavy (non-hydrogen) atoms. The first kappa shape index (κ1) is 10.0. The van der Waals surface area contributed by atoms with Crippen LogP contribution in [-0.4, -0.2) is 30.2 Å². The molecule has 5 nitrogen and oxygen atoms in total. The van der Waals surface area contributed by atoms with E-state index in [0.717, 1.165) is 5.56 Å². The predicted octanol–water partition coefficient (Wildman–Crippen LogP) is -1.38. The smallest absolute Gasteiger partial charge is 0.488 e. The van der Waals surface area contributed by atoms with Crippen LogP contribution in [0.4, 0.5) is 0 Å². The highest BCUT2D eigenvalue weighted by molar-refractivity contribution is 6.58. The van der Waals surface area contributed by atoms with Crippen LogP contribution in [0.25, 0.3) is 0 Å². The molecule has 0 fully saturated rings. The van der Waals surface area contributed by atoms with Gasteiger partial charge in [0.1, 0.15) is 5.75 Å². The Morgan fingerprint density at radius 1 is 1.47 bits per heavy atom. The molecule has 1 aliphatic rings. The van der Waals surface area contributed by atoms with Gasteiger partial charge in [-0.2, -0.15) is 0 Å². The van der Waals surface area contributed by atoms with E-state index < -0.39 is 7.12 Å². The van der Waals surface area contributed by atoms with Crippen molar-refractivity contribution in [3.8, 4) is 5.75 Å². The summed E-state index contributed by atoms with van der Waals surface area (Å²) in [5.41, 5.74) is 1.52. The Morgan fingerprint density at radius 3 is 2.80 bits per heavy atom. The highest BCUT2D eigenvalue weighted by Gasteiger charge is 2.26. The SMILES string of the molecule is COc1cc(B(O)O)cc2c1C(=O)NC2. The van der Waals surface area contributed by atoms with Gasteiger partial charge in [0.05, 0.1) is 12.7 Å². The molecule has 3 N–H and O–H groups in total. The number of amides is 1. The van der Waals surface area contributed by atoms with Crippen molar-refractivity contribution in [2.24, 2.45) is 0 Å². The highest BCUT2D eigenvalue weighted by atomic mass is 16.5. The van der Waals surface area contributed by atoms with Crippen molar-refractivity contribution in [2.45, 2.75) is 6.54 Å². The zero-order valence-electron chi connectivity index (χ0n) is 8.15. The van der Waals surface area contributed by atoms with Crippen molar-refractivity contribution >= 4 is 18.5 Å². The summed E-state index contributed by atoms with van der Waals surface area (Å²) in [5.74, 6) is 0.173. The summed E-state index contributed by atoms with van der Waals surface area (Å²) in [5, 5.41) is 20.7. The molecular weight excluding hydrogens is 197 g/mol. The molecule has 0 unspecified atom stereocenters. The Morgan fingerprint density at radius 2 is 2.20 bits per heavy atom. The van der Waals surface area contributed by atoms with Crippen LogP contribution < -0.4 is 15.5 Å². The molecule has 0 bridgehead atoms.